The van der Waals surface area contributed by atoms with Crippen LogP contribution in [0.2, 0.25) is 0 Å². The average Bonchev–Trinajstić information content (AvgIpc) is 2.77. The number of rotatable bonds is 4. The Morgan fingerprint density at radius 2 is 2.26 bits per heavy atom. The summed E-state index contributed by atoms with van der Waals surface area (Å²) in [5.74, 6) is 0.807. The molecule has 0 atom stereocenters. The summed E-state index contributed by atoms with van der Waals surface area (Å²) in [6.45, 7) is 1.99. The van der Waals surface area contributed by atoms with Gasteiger partial charge in [0, 0.05) is 16.9 Å². The topological polar surface area (TPSA) is 45.9 Å². The van der Waals surface area contributed by atoms with Crippen LogP contribution in [0.4, 0.5) is 0 Å². The van der Waals surface area contributed by atoms with Gasteiger partial charge >= 0.3 is 0 Å². The highest BCUT2D eigenvalue weighted by atomic mass is 79.9. The molecule has 0 aliphatic heterocycles. The Morgan fingerprint density at radius 1 is 1.47 bits per heavy atom. The molecule has 0 unspecified atom stereocenters. The number of benzene rings is 1. The Kier molecular flexibility index (Phi) is 4.56. The van der Waals surface area contributed by atoms with Crippen LogP contribution in [0.5, 0.6) is 5.75 Å². The Labute approximate surface area is 125 Å². The van der Waals surface area contributed by atoms with E-state index in [4.69, 9.17) is 10.00 Å². The molecule has 2 aromatic rings. The molecule has 1 aromatic carbocycles. The molecule has 0 fully saturated rings. The van der Waals surface area contributed by atoms with Gasteiger partial charge in [0.2, 0.25) is 0 Å². The number of nitriles is 1. The highest BCUT2D eigenvalue weighted by Crippen LogP contribution is 2.33. The predicted molar refractivity (Wildman–Crippen MR) is 80.5 cm³/mol. The highest BCUT2D eigenvalue weighted by molar-refractivity contribution is 9.10. The number of methoxy groups -OCH3 is 1. The van der Waals surface area contributed by atoms with Crippen molar-refractivity contribution in [2.24, 2.45) is 0 Å². The molecule has 0 saturated heterocycles. The molecule has 98 valence electrons. The first-order valence-corrected chi connectivity index (χ1v) is 7.44. The number of aromatic nitrogens is 1. The molecule has 0 aliphatic rings. The van der Waals surface area contributed by atoms with E-state index in [9.17, 15) is 0 Å². The van der Waals surface area contributed by atoms with E-state index in [1.807, 2.05) is 25.1 Å². The molecule has 2 rings (SSSR count). The van der Waals surface area contributed by atoms with Gasteiger partial charge < -0.3 is 4.74 Å². The van der Waals surface area contributed by atoms with Crippen molar-refractivity contribution in [2.75, 3.05) is 7.11 Å². The van der Waals surface area contributed by atoms with Gasteiger partial charge in [-0.1, -0.05) is 0 Å². The smallest absolute Gasteiger partial charge is 0.133 e. The summed E-state index contributed by atoms with van der Waals surface area (Å²) < 4.78 is 6.13. The van der Waals surface area contributed by atoms with E-state index < -0.39 is 0 Å². The molecule has 0 bridgehead atoms. The quantitative estimate of drug-likeness (QED) is 0.833. The summed E-state index contributed by atoms with van der Waals surface area (Å²) in [4.78, 5) is 5.76. The maximum absolute atomic E-state index is 8.65. The molecule has 0 aliphatic carbocycles. The summed E-state index contributed by atoms with van der Waals surface area (Å²) in [6, 6.07) is 8.09. The minimum Gasteiger partial charge on any atom is -0.496 e. The van der Waals surface area contributed by atoms with Crippen LogP contribution in [0.15, 0.2) is 22.7 Å². The number of hydrogen-bond acceptors (Lipinski definition) is 4. The van der Waals surface area contributed by atoms with Crippen LogP contribution in [0.25, 0.3) is 10.6 Å². The van der Waals surface area contributed by atoms with Crippen LogP contribution in [0, 0.1) is 18.3 Å². The van der Waals surface area contributed by atoms with E-state index >= 15 is 0 Å². The number of ether oxygens (including phenoxy) is 1. The molecule has 19 heavy (non-hydrogen) atoms. The minimum atomic E-state index is 0.536. The molecule has 0 amide bonds. The van der Waals surface area contributed by atoms with Gasteiger partial charge in [-0.2, -0.15) is 5.26 Å². The van der Waals surface area contributed by atoms with Crippen LogP contribution in [-0.4, -0.2) is 12.1 Å². The fourth-order valence-electron chi connectivity index (χ4n) is 1.75. The van der Waals surface area contributed by atoms with Crippen molar-refractivity contribution in [1.29, 1.82) is 5.26 Å². The van der Waals surface area contributed by atoms with Crippen LogP contribution in [0.3, 0.4) is 0 Å². The number of halogens is 1. The molecular weight excluding hydrogens is 324 g/mol. The molecule has 3 nitrogen and oxygen atoms in total. The normalized spacial score (nSPS) is 10.2. The average molecular weight is 337 g/mol. The molecule has 5 heteroatoms. The number of aryl methyl sites for hydroxylation is 2. The van der Waals surface area contributed by atoms with Crippen LogP contribution >= 0.6 is 27.3 Å². The number of nitrogens with zero attached hydrogens (tertiary/aromatic N) is 2. The van der Waals surface area contributed by atoms with Gasteiger partial charge in [0.15, 0.2) is 0 Å². The zero-order valence-corrected chi connectivity index (χ0v) is 13.1. The van der Waals surface area contributed by atoms with Crippen molar-refractivity contribution < 1.29 is 4.74 Å². The minimum absolute atomic E-state index is 0.536. The van der Waals surface area contributed by atoms with Gasteiger partial charge in [0.1, 0.15) is 10.8 Å². The lowest BCUT2D eigenvalue weighted by Gasteiger charge is -2.04. The first kappa shape index (κ1) is 14.0. The molecule has 0 spiro atoms. The highest BCUT2D eigenvalue weighted by Gasteiger charge is 2.11. The first-order valence-electron chi connectivity index (χ1n) is 5.83. The van der Waals surface area contributed by atoms with Crippen molar-refractivity contribution in [2.45, 2.75) is 19.8 Å². The predicted octanol–water partition coefficient (Wildman–Crippen LogP) is 4.35. The van der Waals surface area contributed by atoms with Gasteiger partial charge in [-0.3, -0.25) is 0 Å². The van der Waals surface area contributed by atoms with Crippen LogP contribution in [0.1, 0.15) is 17.0 Å². The second-order valence-electron chi connectivity index (χ2n) is 4.04. The number of thiazole rings is 1. The van der Waals surface area contributed by atoms with Crippen molar-refractivity contribution in [3.8, 4) is 22.4 Å². The van der Waals surface area contributed by atoms with Crippen molar-refractivity contribution in [3.63, 3.8) is 0 Å². The third kappa shape index (κ3) is 3.14. The third-order valence-corrected chi connectivity index (χ3v) is 4.64. The molecule has 0 saturated carbocycles. The van der Waals surface area contributed by atoms with E-state index in [1.165, 1.54) is 4.88 Å². The fourth-order valence-corrected chi connectivity index (χ4v) is 3.35. The number of hydrogen-bond donors (Lipinski definition) is 0. The molecule has 1 aromatic heterocycles. The Morgan fingerprint density at radius 3 is 2.89 bits per heavy atom. The fraction of sp³-hybridized carbons (Fsp3) is 0.286. The maximum Gasteiger partial charge on any atom is 0.133 e. The summed E-state index contributed by atoms with van der Waals surface area (Å²) in [6.07, 6.45) is 1.31. The van der Waals surface area contributed by atoms with Gasteiger partial charge in [-0.15, -0.1) is 11.3 Å². The summed E-state index contributed by atoms with van der Waals surface area (Å²) in [7, 11) is 1.65. The summed E-state index contributed by atoms with van der Waals surface area (Å²) in [5, 5.41) is 9.63. The SMILES string of the molecule is COc1ccc(-c2nc(C)c(CCC#N)s2)cc1Br. The lowest BCUT2D eigenvalue weighted by Crippen LogP contribution is -1.85. The standard InChI is InChI=1S/C14H13BrN2OS/c1-9-13(4-3-7-16)19-14(17-9)10-5-6-12(18-2)11(15)8-10/h5-6,8H,3-4H2,1-2H3. The molecule has 0 N–H and O–H groups in total. The van der Waals surface area contributed by atoms with Crippen LogP contribution in [-0.2, 0) is 6.42 Å². The van der Waals surface area contributed by atoms with E-state index in [1.54, 1.807) is 18.4 Å². The molecular formula is C14H13BrN2OS. The largest absolute Gasteiger partial charge is 0.496 e. The van der Waals surface area contributed by atoms with Crippen molar-refractivity contribution in [3.05, 3.63) is 33.2 Å². The van der Waals surface area contributed by atoms with Crippen molar-refractivity contribution in [1.82, 2.24) is 4.98 Å². The Balaban J connectivity index is 2.32. The van der Waals surface area contributed by atoms with E-state index in [2.05, 4.69) is 27.0 Å². The lowest BCUT2D eigenvalue weighted by molar-refractivity contribution is 0.412. The van der Waals surface area contributed by atoms with Crippen molar-refractivity contribution >= 4 is 27.3 Å². The first-order chi connectivity index (χ1) is 9.15. The monoisotopic (exact) mass is 336 g/mol. The van der Waals surface area contributed by atoms with E-state index in [0.717, 1.165) is 32.9 Å². The van der Waals surface area contributed by atoms with Gasteiger partial charge in [-0.05, 0) is 47.5 Å². The maximum atomic E-state index is 8.65. The van der Waals surface area contributed by atoms with E-state index in [0.29, 0.717) is 6.42 Å². The van der Waals surface area contributed by atoms with E-state index in [-0.39, 0.29) is 0 Å². The summed E-state index contributed by atoms with van der Waals surface area (Å²) >= 11 is 5.13. The second kappa shape index (κ2) is 6.18. The molecule has 0 radical (unpaired) electrons. The van der Waals surface area contributed by atoms with Crippen LogP contribution < -0.4 is 4.74 Å². The lowest BCUT2D eigenvalue weighted by atomic mass is 10.2. The third-order valence-electron chi connectivity index (χ3n) is 2.76. The van der Waals surface area contributed by atoms with Gasteiger partial charge in [0.25, 0.3) is 0 Å². The molecule has 1 heterocycles. The van der Waals surface area contributed by atoms with Gasteiger partial charge in [0.05, 0.1) is 23.3 Å². The zero-order valence-electron chi connectivity index (χ0n) is 10.7. The zero-order chi connectivity index (χ0) is 13.8. The Hall–Kier alpha value is -1.38. The van der Waals surface area contributed by atoms with Gasteiger partial charge in [-0.25, -0.2) is 4.98 Å². The summed E-state index contributed by atoms with van der Waals surface area (Å²) in [5.41, 5.74) is 2.08. The second-order valence-corrected chi connectivity index (χ2v) is 5.97. The Bertz CT molecular complexity index is 631.